The molecule has 1 N–H and O–H groups in total. The number of aromatic nitrogens is 2. The summed E-state index contributed by atoms with van der Waals surface area (Å²) in [5.74, 6) is -0.905. The van der Waals surface area contributed by atoms with Gasteiger partial charge in [-0.25, -0.2) is 4.79 Å². The normalized spacial score (nSPS) is 16.7. The number of benzene rings is 2. The minimum absolute atomic E-state index is 0.132. The van der Waals surface area contributed by atoms with Gasteiger partial charge in [-0.1, -0.05) is 64.1 Å². The van der Waals surface area contributed by atoms with Crippen molar-refractivity contribution in [2.45, 2.75) is 71.8 Å². The molecule has 0 saturated heterocycles. The van der Waals surface area contributed by atoms with Crippen LogP contribution in [0.4, 0.5) is 0 Å². The lowest BCUT2D eigenvalue weighted by Crippen LogP contribution is -2.34. The molecule has 0 radical (unpaired) electrons. The molecule has 1 aliphatic rings. The SMILES string of the molecule is Cc1cc(C)n(Cc2cc3c(cc2C=Cc2ccc(C(=O)O)cc2)C(C)(C)CCC3(C)C)n1. The summed E-state index contributed by atoms with van der Waals surface area (Å²) in [6.45, 7) is 14.3. The molecule has 4 nitrogen and oxygen atoms in total. The molecule has 4 heteroatoms. The minimum Gasteiger partial charge on any atom is -0.478 e. The van der Waals surface area contributed by atoms with E-state index in [0.717, 1.165) is 23.5 Å². The first-order valence-corrected chi connectivity index (χ1v) is 11.7. The van der Waals surface area contributed by atoms with Crippen molar-refractivity contribution in [3.05, 3.63) is 87.2 Å². The Hall–Kier alpha value is -3.14. The van der Waals surface area contributed by atoms with Crippen molar-refractivity contribution >= 4 is 18.1 Å². The number of aromatic carboxylic acids is 1. The van der Waals surface area contributed by atoms with Gasteiger partial charge in [-0.15, -0.1) is 0 Å². The number of carboxylic acid groups (broad SMARTS) is 1. The lowest BCUT2D eigenvalue weighted by molar-refractivity contribution is 0.0697. The Morgan fingerprint density at radius 1 is 0.970 bits per heavy atom. The lowest BCUT2D eigenvalue weighted by Gasteiger charge is -2.42. The molecule has 1 heterocycles. The molecule has 0 atom stereocenters. The number of carbonyl (C=O) groups is 1. The third-order valence-electron chi connectivity index (χ3n) is 7.15. The maximum absolute atomic E-state index is 11.2. The lowest BCUT2D eigenvalue weighted by atomic mass is 9.62. The van der Waals surface area contributed by atoms with Gasteiger partial charge < -0.3 is 5.11 Å². The third-order valence-corrected chi connectivity index (χ3v) is 7.15. The molecule has 0 amide bonds. The van der Waals surface area contributed by atoms with E-state index in [1.54, 1.807) is 12.1 Å². The summed E-state index contributed by atoms with van der Waals surface area (Å²) in [7, 11) is 0. The second-order valence-electron chi connectivity index (χ2n) is 10.7. The fourth-order valence-electron chi connectivity index (χ4n) is 4.89. The molecule has 0 spiro atoms. The number of hydrogen-bond donors (Lipinski definition) is 1. The van der Waals surface area contributed by atoms with Crippen molar-refractivity contribution in [2.75, 3.05) is 0 Å². The molecule has 4 rings (SSSR count). The number of aryl methyl sites for hydroxylation is 2. The standard InChI is InChI=1S/C29H34N2O2/c1-19-15-20(2)31(30-19)18-24-17-26-25(28(3,4)13-14-29(26,5)6)16-23(24)12-9-21-7-10-22(11-8-21)27(32)33/h7-12,15-17H,13-14,18H2,1-6H3,(H,32,33). The Bertz CT molecular complexity index is 1230. The van der Waals surface area contributed by atoms with Gasteiger partial charge >= 0.3 is 5.97 Å². The summed E-state index contributed by atoms with van der Waals surface area (Å²) in [6, 6.07) is 13.9. The molecule has 0 unspecified atom stereocenters. The van der Waals surface area contributed by atoms with Crippen LogP contribution >= 0.6 is 0 Å². The smallest absolute Gasteiger partial charge is 0.335 e. The van der Waals surface area contributed by atoms with Gasteiger partial charge in [0.05, 0.1) is 17.8 Å². The first-order chi connectivity index (χ1) is 15.5. The highest BCUT2D eigenvalue weighted by Gasteiger charge is 2.37. The molecule has 0 bridgehead atoms. The van der Waals surface area contributed by atoms with Crippen LogP contribution in [0.2, 0.25) is 0 Å². The fourth-order valence-corrected chi connectivity index (χ4v) is 4.89. The molecular formula is C29H34N2O2. The second kappa shape index (κ2) is 8.33. The number of hydrogen-bond acceptors (Lipinski definition) is 2. The van der Waals surface area contributed by atoms with E-state index >= 15 is 0 Å². The summed E-state index contributed by atoms with van der Waals surface area (Å²) in [5, 5.41) is 13.9. The van der Waals surface area contributed by atoms with Crippen LogP contribution in [0.5, 0.6) is 0 Å². The molecule has 1 aliphatic carbocycles. The van der Waals surface area contributed by atoms with E-state index in [1.165, 1.54) is 35.1 Å². The summed E-state index contributed by atoms with van der Waals surface area (Å²) in [4.78, 5) is 11.2. The monoisotopic (exact) mass is 442 g/mol. The van der Waals surface area contributed by atoms with E-state index < -0.39 is 5.97 Å². The largest absolute Gasteiger partial charge is 0.478 e. The molecule has 1 aromatic heterocycles. The second-order valence-corrected chi connectivity index (χ2v) is 10.7. The topological polar surface area (TPSA) is 55.1 Å². The summed E-state index contributed by atoms with van der Waals surface area (Å²) in [6.07, 6.45) is 6.58. The zero-order valence-electron chi connectivity index (χ0n) is 20.6. The number of rotatable bonds is 5. The maximum Gasteiger partial charge on any atom is 0.335 e. The van der Waals surface area contributed by atoms with Crippen LogP contribution in [0, 0.1) is 13.8 Å². The Morgan fingerprint density at radius 2 is 1.58 bits per heavy atom. The van der Waals surface area contributed by atoms with E-state index in [9.17, 15) is 4.79 Å². The van der Waals surface area contributed by atoms with Crippen molar-refractivity contribution in [3.63, 3.8) is 0 Å². The van der Waals surface area contributed by atoms with Crippen LogP contribution in [0.15, 0.2) is 42.5 Å². The van der Waals surface area contributed by atoms with Gasteiger partial charge in [0.15, 0.2) is 0 Å². The highest BCUT2D eigenvalue weighted by molar-refractivity contribution is 5.88. The van der Waals surface area contributed by atoms with Crippen molar-refractivity contribution < 1.29 is 9.90 Å². The highest BCUT2D eigenvalue weighted by atomic mass is 16.4. The summed E-state index contributed by atoms with van der Waals surface area (Å²) in [5.41, 5.74) is 9.06. The first kappa shape index (κ1) is 23.0. The fraction of sp³-hybridized carbons (Fsp3) is 0.379. The van der Waals surface area contributed by atoms with Gasteiger partial charge in [0, 0.05) is 5.69 Å². The maximum atomic E-state index is 11.2. The van der Waals surface area contributed by atoms with Crippen LogP contribution in [-0.2, 0) is 17.4 Å². The zero-order chi connectivity index (χ0) is 24.0. The average molecular weight is 443 g/mol. The van der Waals surface area contributed by atoms with Crippen LogP contribution in [0.25, 0.3) is 12.2 Å². The van der Waals surface area contributed by atoms with Crippen LogP contribution in [0.1, 0.15) is 90.1 Å². The molecule has 3 aromatic rings. The Balaban J connectivity index is 1.81. The van der Waals surface area contributed by atoms with Crippen molar-refractivity contribution in [1.82, 2.24) is 9.78 Å². The van der Waals surface area contributed by atoms with Crippen molar-refractivity contribution in [3.8, 4) is 0 Å². The Kier molecular flexibility index (Phi) is 5.81. The molecule has 33 heavy (non-hydrogen) atoms. The van der Waals surface area contributed by atoms with Gasteiger partial charge in [0.2, 0.25) is 0 Å². The van der Waals surface area contributed by atoms with Crippen molar-refractivity contribution in [2.24, 2.45) is 0 Å². The van der Waals surface area contributed by atoms with Gasteiger partial charge in [0.25, 0.3) is 0 Å². The van der Waals surface area contributed by atoms with Crippen LogP contribution < -0.4 is 0 Å². The van der Waals surface area contributed by atoms with E-state index in [0.29, 0.717) is 5.56 Å². The average Bonchev–Trinajstić information content (AvgIpc) is 3.07. The molecule has 0 aliphatic heterocycles. The third kappa shape index (κ3) is 4.66. The van der Waals surface area contributed by atoms with E-state index in [1.807, 2.05) is 19.1 Å². The highest BCUT2D eigenvalue weighted by Crippen LogP contribution is 2.46. The predicted molar refractivity (Wildman–Crippen MR) is 135 cm³/mol. The van der Waals surface area contributed by atoms with Gasteiger partial charge in [-0.2, -0.15) is 5.10 Å². The molecule has 172 valence electrons. The zero-order valence-corrected chi connectivity index (χ0v) is 20.6. The number of fused-ring (bicyclic) bond motifs is 1. The Labute approximate surface area is 197 Å². The molecule has 0 fully saturated rings. The van der Waals surface area contributed by atoms with Crippen LogP contribution in [0.3, 0.4) is 0 Å². The predicted octanol–water partition coefficient (Wildman–Crippen LogP) is 6.77. The van der Waals surface area contributed by atoms with E-state index in [2.05, 4.69) is 69.7 Å². The van der Waals surface area contributed by atoms with E-state index in [-0.39, 0.29) is 10.8 Å². The summed E-state index contributed by atoms with van der Waals surface area (Å²) < 4.78 is 2.08. The number of carboxylic acids is 1. The van der Waals surface area contributed by atoms with Gasteiger partial charge in [-0.3, -0.25) is 4.68 Å². The quantitative estimate of drug-likeness (QED) is 0.444. The van der Waals surface area contributed by atoms with Gasteiger partial charge in [0.1, 0.15) is 0 Å². The Morgan fingerprint density at radius 3 is 2.12 bits per heavy atom. The van der Waals surface area contributed by atoms with Crippen LogP contribution in [-0.4, -0.2) is 20.9 Å². The molecule has 0 saturated carbocycles. The number of nitrogens with zero attached hydrogens (tertiary/aromatic N) is 2. The summed E-state index contributed by atoms with van der Waals surface area (Å²) >= 11 is 0. The molecular weight excluding hydrogens is 408 g/mol. The van der Waals surface area contributed by atoms with Crippen molar-refractivity contribution in [1.29, 1.82) is 0 Å². The first-order valence-electron chi connectivity index (χ1n) is 11.7. The molecule has 2 aromatic carbocycles. The van der Waals surface area contributed by atoms with E-state index in [4.69, 9.17) is 10.2 Å². The van der Waals surface area contributed by atoms with Gasteiger partial charge in [-0.05, 0) is 83.5 Å². The minimum atomic E-state index is -0.905.